The van der Waals surface area contributed by atoms with E-state index >= 15 is 0 Å². The summed E-state index contributed by atoms with van der Waals surface area (Å²) in [6, 6.07) is 3.05. The average molecular weight is 164 g/mol. The van der Waals surface area contributed by atoms with Gasteiger partial charge in [0.2, 0.25) is 0 Å². The number of aryl methyl sites for hydroxylation is 1. The van der Waals surface area contributed by atoms with Crippen LogP contribution in [-0.2, 0) is 0 Å². The first-order valence-electron chi connectivity index (χ1n) is 3.43. The highest BCUT2D eigenvalue weighted by atomic mass is 16.3. The number of aromatic hydroxyl groups is 1. The lowest BCUT2D eigenvalue weighted by Gasteiger charge is -2.01. The molecule has 1 aromatic rings. The minimum Gasteiger partial charge on any atom is -0.506 e. The van der Waals surface area contributed by atoms with Crippen LogP contribution in [-0.4, -0.2) is 17.7 Å². The molecule has 0 amide bonds. The summed E-state index contributed by atoms with van der Waals surface area (Å²) in [5.41, 5.74) is 1.08. The zero-order chi connectivity index (χ0) is 9.14. The molecule has 0 fully saturated rings. The molecule has 1 aromatic carbocycles. The van der Waals surface area contributed by atoms with E-state index in [1.165, 1.54) is 12.1 Å². The number of benzene rings is 1. The van der Waals surface area contributed by atoms with Crippen LogP contribution in [0.2, 0.25) is 0 Å². The fourth-order valence-electron chi connectivity index (χ4n) is 1.02. The molecule has 0 radical (unpaired) electrons. The maximum atomic E-state index is 10.4. The van der Waals surface area contributed by atoms with Gasteiger partial charge in [-0.3, -0.25) is 9.59 Å². The van der Waals surface area contributed by atoms with Crippen molar-refractivity contribution in [1.82, 2.24) is 0 Å². The van der Waals surface area contributed by atoms with E-state index in [-0.39, 0.29) is 16.9 Å². The first-order valence-corrected chi connectivity index (χ1v) is 3.43. The van der Waals surface area contributed by atoms with E-state index in [4.69, 9.17) is 0 Å². The number of hydrogen-bond acceptors (Lipinski definition) is 3. The van der Waals surface area contributed by atoms with Gasteiger partial charge in [0.25, 0.3) is 0 Å². The Bertz CT molecular complexity index is 300. The van der Waals surface area contributed by atoms with Crippen molar-refractivity contribution in [1.29, 1.82) is 0 Å². The Morgan fingerprint density at radius 1 is 1.17 bits per heavy atom. The number of phenols is 1. The Balaban J connectivity index is 3.41. The van der Waals surface area contributed by atoms with Crippen molar-refractivity contribution in [2.45, 2.75) is 6.92 Å². The van der Waals surface area contributed by atoms with Crippen LogP contribution < -0.4 is 0 Å². The van der Waals surface area contributed by atoms with E-state index in [2.05, 4.69) is 0 Å². The molecule has 0 spiro atoms. The Morgan fingerprint density at radius 2 is 1.58 bits per heavy atom. The average Bonchev–Trinajstić information content (AvgIpc) is 2.08. The molecule has 1 N–H and O–H groups in total. The molecule has 62 valence electrons. The third-order valence-electron chi connectivity index (χ3n) is 1.57. The highest BCUT2D eigenvalue weighted by molar-refractivity contribution is 5.88. The molecule has 0 atom stereocenters. The molecule has 3 heteroatoms. The summed E-state index contributed by atoms with van der Waals surface area (Å²) in [6.07, 6.45) is 1.05. The lowest BCUT2D eigenvalue weighted by molar-refractivity contribution is 0.112. The fraction of sp³-hybridized carbons (Fsp3) is 0.111. The third-order valence-corrected chi connectivity index (χ3v) is 1.57. The van der Waals surface area contributed by atoms with E-state index in [0.717, 1.165) is 5.56 Å². The molecule has 0 aliphatic heterocycles. The second-order valence-corrected chi connectivity index (χ2v) is 2.53. The van der Waals surface area contributed by atoms with Crippen molar-refractivity contribution in [3.8, 4) is 5.75 Å². The first kappa shape index (κ1) is 8.46. The van der Waals surface area contributed by atoms with Crippen LogP contribution >= 0.6 is 0 Å². The Morgan fingerprint density at radius 3 is 1.92 bits per heavy atom. The summed E-state index contributed by atoms with van der Waals surface area (Å²) in [5, 5.41) is 9.25. The largest absolute Gasteiger partial charge is 0.506 e. The van der Waals surface area contributed by atoms with Gasteiger partial charge in [-0.1, -0.05) is 0 Å². The van der Waals surface area contributed by atoms with Crippen molar-refractivity contribution < 1.29 is 14.7 Å². The monoisotopic (exact) mass is 164 g/mol. The van der Waals surface area contributed by atoms with Crippen molar-refractivity contribution in [3.05, 3.63) is 28.8 Å². The molecule has 0 saturated heterocycles. The van der Waals surface area contributed by atoms with Gasteiger partial charge in [0.05, 0.1) is 11.1 Å². The Hall–Kier alpha value is -1.64. The molecule has 0 aromatic heterocycles. The maximum absolute atomic E-state index is 10.4. The summed E-state index contributed by atoms with van der Waals surface area (Å²) in [7, 11) is 0. The highest BCUT2D eigenvalue weighted by Gasteiger charge is 2.06. The van der Waals surface area contributed by atoms with Crippen molar-refractivity contribution in [2.75, 3.05) is 0 Å². The normalized spacial score (nSPS) is 9.42. The van der Waals surface area contributed by atoms with Crippen LogP contribution in [0.5, 0.6) is 5.75 Å². The minimum absolute atomic E-state index is 0.150. The number of aldehydes is 2. The van der Waals surface area contributed by atoms with E-state index in [1.54, 1.807) is 6.92 Å². The number of carbonyl (C=O) groups excluding carboxylic acids is 2. The zero-order valence-corrected chi connectivity index (χ0v) is 6.57. The molecule has 0 unspecified atom stereocenters. The Labute approximate surface area is 69.6 Å². The van der Waals surface area contributed by atoms with Crippen LogP contribution in [0, 0.1) is 6.92 Å². The van der Waals surface area contributed by atoms with Gasteiger partial charge in [0.15, 0.2) is 12.6 Å². The SMILES string of the molecule is Cc1cc(C=O)c(O)c(C=O)c1. The molecule has 1 rings (SSSR count). The lowest BCUT2D eigenvalue weighted by Crippen LogP contribution is -1.89. The number of hydrogen-bond donors (Lipinski definition) is 1. The van der Waals surface area contributed by atoms with Gasteiger partial charge in [-0.2, -0.15) is 0 Å². The summed E-state index contributed by atoms with van der Waals surface area (Å²) < 4.78 is 0. The lowest BCUT2D eigenvalue weighted by atomic mass is 10.1. The molecule has 0 aliphatic rings. The van der Waals surface area contributed by atoms with E-state index in [0.29, 0.717) is 12.6 Å². The van der Waals surface area contributed by atoms with Gasteiger partial charge in [0.1, 0.15) is 5.75 Å². The van der Waals surface area contributed by atoms with Gasteiger partial charge in [-0.05, 0) is 24.6 Å². The zero-order valence-electron chi connectivity index (χ0n) is 6.57. The van der Waals surface area contributed by atoms with E-state index in [9.17, 15) is 14.7 Å². The van der Waals surface area contributed by atoms with Crippen molar-refractivity contribution in [3.63, 3.8) is 0 Å². The molecule has 3 nitrogen and oxygen atoms in total. The molecule has 0 bridgehead atoms. The molecule has 12 heavy (non-hydrogen) atoms. The van der Waals surface area contributed by atoms with Gasteiger partial charge in [-0.25, -0.2) is 0 Å². The van der Waals surface area contributed by atoms with Gasteiger partial charge >= 0.3 is 0 Å². The quantitative estimate of drug-likeness (QED) is 0.671. The topological polar surface area (TPSA) is 54.4 Å². The predicted molar refractivity (Wildman–Crippen MR) is 43.6 cm³/mol. The fourth-order valence-corrected chi connectivity index (χ4v) is 1.02. The number of rotatable bonds is 2. The predicted octanol–water partition coefficient (Wildman–Crippen LogP) is 1.33. The third kappa shape index (κ3) is 1.34. The minimum atomic E-state index is -0.245. The first-order chi connectivity index (χ1) is 5.69. The van der Waals surface area contributed by atoms with Crippen LogP contribution in [0.4, 0.5) is 0 Å². The van der Waals surface area contributed by atoms with Gasteiger partial charge in [0, 0.05) is 0 Å². The summed E-state index contributed by atoms with van der Waals surface area (Å²) >= 11 is 0. The smallest absolute Gasteiger partial charge is 0.153 e. The van der Waals surface area contributed by atoms with Crippen LogP contribution in [0.1, 0.15) is 26.3 Å². The van der Waals surface area contributed by atoms with Crippen LogP contribution in [0.25, 0.3) is 0 Å². The van der Waals surface area contributed by atoms with Crippen molar-refractivity contribution in [2.24, 2.45) is 0 Å². The van der Waals surface area contributed by atoms with Gasteiger partial charge < -0.3 is 5.11 Å². The summed E-state index contributed by atoms with van der Waals surface area (Å²) in [6.45, 7) is 1.75. The second kappa shape index (κ2) is 3.17. The van der Waals surface area contributed by atoms with Gasteiger partial charge in [-0.15, -0.1) is 0 Å². The number of carbonyl (C=O) groups is 2. The van der Waals surface area contributed by atoms with Crippen LogP contribution in [0.3, 0.4) is 0 Å². The maximum Gasteiger partial charge on any atom is 0.153 e. The highest BCUT2D eigenvalue weighted by Crippen LogP contribution is 2.21. The standard InChI is InChI=1S/C9H8O3/c1-6-2-7(4-10)9(12)8(3-6)5-11/h2-5,12H,1H3. The summed E-state index contributed by atoms with van der Waals surface area (Å²) in [4.78, 5) is 20.7. The molecule has 0 heterocycles. The summed E-state index contributed by atoms with van der Waals surface area (Å²) in [5.74, 6) is -0.245. The molecular weight excluding hydrogens is 156 g/mol. The number of phenolic OH excluding ortho intramolecular Hbond substituents is 1. The van der Waals surface area contributed by atoms with Crippen LogP contribution in [0.15, 0.2) is 12.1 Å². The molecule has 0 aliphatic carbocycles. The molecule has 0 saturated carbocycles. The Kier molecular flexibility index (Phi) is 2.24. The molecular formula is C9H8O3. The second-order valence-electron chi connectivity index (χ2n) is 2.53. The van der Waals surface area contributed by atoms with Crippen molar-refractivity contribution >= 4 is 12.6 Å². The van der Waals surface area contributed by atoms with E-state index in [1.807, 2.05) is 0 Å². The van der Waals surface area contributed by atoms with E-state index < -0.39 is 0 Å².